The molecule has 0 amide bonds. The molecule has 0 heterocycles. The first-order chi connectivity index (χ1) is 7.36. The van der Waals surface area contributed by atoms with E-state index in [-0.39, 0.29) is 0 Å². The third kappa shape index (κ3) is 5.77. The van der Waals surface area contributed by atoms with Gasteiger partial charge in [-0.2, -0.15) is 0 Å². The number of rotatable bonds is 8. The van der Waals surface area contributed by atoms with Crippen molar-refractivity contribution >= 4 is 11.6 Å². The molecular formula is C13H26ClN. The zero-order chi connectivity index (χ0) is 10.9. The average Bonchev–Trinajstić information content (AvgIpc) is 2.71. The maximum Gasteiger partial charge on any atom is 0.0226 e. The van der Waals surface area contributed by atoms with Crippen molar-refractivity contribution in [2.24, 2.45) is 11.8 Å². The number of halogens is 1. The highest BCUT2D eigenvalue weighted by Crippen LogP contribution is 2.23. The van der Waals surface area contributed by atoms with Crippen LogP contribution in [0.3, 0.4) is 0 Å². The third-order valence-corrected chi connectivity index (χ3v) is 3.77. The van der Waals surface area contributed by atoms with E-state index in [1.807, 2.05) is 0 Å². The van der Waals surface area contributed by atoms with Crippen molar-refractivity contribution in [2.75, 3.05) is 19.0 Å². The zero-order valence-electron chi connectivity index (χ0n) is 10.1. The molecule has 0 aromatic carbocycles. The summed E-state index contributed by atoms with van der Waals surface area (Å²) in [5.41, 5.74) is 0. The number of nitrogens with one attached hydrogen (secondary N) is 1. The Morgan fingerprint density at radius 2 is 2.00 bits per heavy atom. The van der Waals surface area contributed by atoms with Gasteiger partial charge >= 0.3 is 0 Å². The zero-order valence-corrected chi connectivity index (χ0v) is 10.9. The van der Waals surface area contributed by atoms with Crippen molar-refractivity contribution in [1.29, 1.82) is 0 Å². The Morgan fingerprint density at radius 3 is 2.60 bits per heavy atom. The lowest BCUT2D eigenvalue weighted by Gasteiger charge is -2.17. The van der Waals surface area contributed by atoms with Gasteiger partial charge in [0, 0.05) is 5.88 Å². The molecule has 1 aliphatic carbocycles. The predicted octanol–water partition coefficient (Wildman–Crippen LogP) is 3.81. The maximum absolute atomic E-state index is 5.81. The molecule has 2 heteroatoms. The van der Waals surface area contributed by atoms with Crippen LogP contribution in [-0.4, -0.2) is 19.0 Å². The number of alkyl halides is 1. The van der Waals surface area contributed by atoms with Crippen LogP contribution < -0.4 is 5.32 Å². The normalized spacial score (nSPS) is 19.6. The molecule has 90 valence electrons. The Bertz CT molecular complexity index is 137. The van der Waals surface area contributed by atoms with E-state index in [1.165, 1.54) is 58.0 Å². The van der Waals surface area contributed by atoms with Crippen molar-refractivity contribution in [3.8, 4) is 0 Å². The molecule has 1 nitrogen and oxygen atoms in total. The van der Waals surface area contributed by atoms with Gasteiger partial charge < -0.3 is 5.32 Å². The molecule has 1 saturated carbocycles. The van der Waals surface area contributed by atoms with Crippen LogP contribution in [0.25, 0.3) is 0 Å². The minimum absolute atomic E-state index is 0.800. The lowest BCUT2D eigenvalue weighted by molar-refractivity contribution is 0.401. The van der Waals surface area contributed by atoms with E-state index in [0.717, 1.165) is 17.7 Å². The van der Waals surface area contributed by atoms with Crippen LogP contribution in [0.1, 0.15) is 51.9 Å². The summed E-state index contributed by atoms with van der Waals surface area (Å²) in [7, 11) is 0. The lowest BCUT2D eigenvalue weighted by Crippen LogP contribution is -2.27. The van der Waals surface area contributed by atoms with Crippen molar-refractivity contribution in [1.82, 2.24) is 5.32 Å². The van der Waals surface area contributed by atoms with E-state index in [1.54, 1.807) is 0 Å². The third-order valence-electron chi connectivity index (χ3n) is 3.56. The molecule has 0 bridgehead atoms. The van der Waals surface area contributed by atoms with Crippen LogP contribution in [0.15, 0.2) is 0 Å². The van der Waals surface area contributed by atoms with E-state index >= 15 is 0 Å². The fourth-order valence-electron chi connectivity index (χ4n) is 2.62. The van der Waals surface area contributed by atoms with Crippen LogP contribution in [0.4, 0.5) is 0 Å². The number of hydrogen-bond acceptors (Lipinski definition) is 1. The molecule has 0 saturated heterocycles. The highest BCUT2D eigenvalue weighted by Gasteiger charge is 2.15. The van der Waals surface area contributed by atoms with Gasteiger partial charge in [-0.25, -0.2) is 0 Å². The summed E-state index contributed by atoms with van der Waals surface area (Å²) < 4.78 is 0. The van der Waals surface area contributed by atoms with Gasteiger partial charge in [-0.15, -0.1) is 11.6 Å². The Labute approximate surface area is 100.0 Å². The molecule has 1 unspecified atom stereocenters. The Kier molecular flexibility index (Phi) is 7.46. The Morgan fingerprint density at radius 1 is 1.27 bits per heavy atom. The molecule has 0 aromatic rings. The van der Waals surface area contributed by atoms with Crippen molar-refractivity contribution in [3.05, 3.63) is 0 Å². The lowest BCUT2D eigenvalue weighted by atomic mass is 10.0. The summed E-state index contributed by atoms with van der Waals surface area (Å²) in [6, 6.07) is 0. The first-order valence-electron chi connectivity index (χ1n) is 6.63. The van der Waals surface area contributed by atoms with Crippen molar-refractivity contribution < 1.29 is 0 Å². The van der Waals surface area contributed by atoms with Crippen molar-refractivity contribution in [2.45, 2.75) is 51.9 Å². The summed E-state index contributed by atoms with van der Waals surface area (Å²) in [6.07, 6.45) is 9.57. The molecule has 0 spiro atoms. The fourth-order valence-corrected chi connectivity index (χ4v) is 2.93. The van der Waals surface area contributed by atoms with Gasteiger partial charge in [0.1, 0.15) is 0 Å². The summed E-state index contributed by atoms with van der Waals surface area (Å²) in [5, 5.41) is 3.64. The van der Waals surface area contributed by atoms with Gasteiger partial charge in [-0.3, -0.25) is 0 Å². The van der Waals surface area contributed by atoms with Crippen LogP contribution in [0.5, 0.6) is 0 Å². The molecule has 1 fully saturated rings. The van der Waals surface area contributed by atoms with Crippen molar-refractivity contribution in [3.63, 3.8) is 0 Å². The predicted molar refractivity (Wildman–Crippen MR) is 68.6 cm³/mol. The molecule has 1 aliphatic rings. The second-order valence-corrected chi connectivity index (χ2v) is 5.32. The SMILES string of the molecule is CCCC(CCCl)CNCC1CCCC1. The van der Waals surface area contributed by atoms with E-state index in [2.05, 4.69) is 12.2 Å². The monoisotopic (exact) mass is 231 g/mol. The minimum Gasteiger partial charge on any atom is -0.316 e. The van der Waals surface area contributed by atoms with Gasteiger partial charge in [0.15, 0.2) is 0 Å². The smallest absolute Gasteiger partial charge is 0.0226 e. The molecule has 1 N–H and O–H groups in total. The van der Waals surface area contributed by atoms with Gasteiger partial charge in [0.2, 0.25) is 0 Å². The van der Waals surface area contributed by atoms with E-state index < -0.39 is 0 Å². The number of hydrogen-bond donors (Lipinski definition) is 1. The highest BCUT2D eigenvalue weighted by molar-refractivity contribution is 6.17. The minimum atomic E-state index is 0.800. The van der Waals surface area contributed by atoms with Gasteiger partial charge in [-0.05, 0) is 50.6 Å². The van der Waals surface area contributed by atoms with Gasteiger partial charge in [0.05, 0.1) is 0 Å². The molecule has 15 heavy (non-hydrogen) atoms. The van der Waals surface area contributed by atoms with Gasteiger partial charge in [0.25, 0.3) is 0 Å². The molecular weight excluding hydrogens is 206 g/mol. The van der Waals surface area contributed by atoms with E-state index in [0.29, 0.717) is 0 Å². The Balaban J connectivity index is 2.04. The molecule has 1 atom stereocenters. The first-order valence-corrected chi connectivity index (χ1v) is 7.17. The first kappa shape index (κ1) is 13.3. The van der Waals surface area contributed by atoms with Crippen LogP contribution in [0.2, 0.25) is 0 Å². The van der Waals surface area contributed by atoms with E-state index in [4.69, 9.17) is 11.6 Å². The second-order valence-electron chi connectivity index (χ2n) is 4.94. The molecule has 0 aromatic heterocycles. The van der Waals surface area contributed by atoms with Crippen LogP contribution in [-0.2, 0) is 0 Å². The van der Waals surface area contributed by atoms with Crippen LogP contribution in [0, 0.1) is 11.8 Å². The maximum atomic E-state index is 5.81. The highest BCUT2D eigenvalue weighted by atomic mass is 35.5. The fraction of sp³-hybridized carbons (Fsp3) is 1.00. The Hall–Kier alpha value is 0.250. The van der Waals surface area contributed by atoms with Gasteiger partial charge in [-0.1, -0.05) is 26.2 Å². The van der Waals surface area contributed by atoms with E-state index in [9.17, 15) is 0 Å². The molecule has 0 aliphatic heterocycles. The topological polar surface area (TPSA) is 12.0 Å². The largest absolute Gasteiger partial charge is 0.316 e. The quantitative estimate of drug-likeness (QED) is 0.627. The summed E-state index contributed by atoms with van der Waals surface area (Å²) >= 11 is 5.81. The molecule has 0 radical (unpaired) electrons. The average molecular weight is 232 g/mol. The summed E-state index contributed by atoms with van der Waals surface area (Å²) in [6.45, 7) is 4.68. The summed E-state index contributed by atoms with van der Waals surface area (Å²) in [4.78, 5) is 0. The standard InChI is InChI=1S/C13H26ClN/c1-2-5-12(8-9-14)10-15-11-13-6-3-4-7-13/h12-13,15H,2-11H2,1H3. The summed E-state index contributed by atoms with van der Waals surface area (Å²) in [5.74, 6) is 2.58. The molecule has 1 rings (SSSR count). The second kappa shape index (κ2) is 8.41. The van der Waals surface area contributed by atoms with Crippen LogP contribution >= 0.6 is 11.6 Å².